The minimum Gasteiger partial charge on any atom is -0.311 e. The molecule has 0 amide bonds. The van der Waals surface area contributed by atoms with Gasteiger partial charge in [0.25, 0.3) is 11.4 Å². The number of hydrogen-bond donors (Lipinski definition) is 0. The highest BCUT2D eigenvalue weighted by Gasteiger charge is 2.20. The van der Waals surface area contributed by atoms with E-state index in [1.54, 1.807) is 29.9 Å². The van der Waals surface area contributed by atoms with Gasteiger partial charge in [-0.1, -0.05) is 0 Å². The molecule has 0 radical (unpaired) electrons. The lowest BCUT2D eigenvalue weighted by Crippen LogP contribution is -1.98. The van der Waals surface area contributed by atoms with Crippen molar-refractivity contribution < 1.29 is 9.85 Å². The number of nitro benzene ring substituents is 2. The van der Waals surface area contributed by atoms with Crippen molar-refractivity contribution in [3.63, 3.8) is 0 Å². The molecule has 0 atom stereocenters. The molecule has 0 spiro atoms. The Morgan fingerprint density at radius 3 is 2.65 bits per heavy atom. The molecule has 2 heterocycles. The molecule has 10 heteroatoms. The Hall–Kier alpha value is -4.13. The second-order valence-corrected chi connectivity index (χ2v) is 5.27. The van der Waals surface area contributed by atoms with Crippen LogP contribution in [0.5, 0.6) is 0 Å². The van der Waals surface area contributed by atoms with Gasteiger partial charge in [0.15, 0.2) is 11.5 Å². The van der Waals surface area contributed by atoms with Crippen LogP contribution >= 0.6 is 0 Å². The summed E-state index contributed by atoms with van der Waals surface area (Å²) in [6.45, 7) is 0. The Morgan fingerprint density at radius 2 is 2.04 bits per heavy atom. The quantitative estimate of drug-likeness (QED) is 0.400. The predicted octanol–water partition coefficient (Wildman–Crippen LogP) is 2.85. The summed E-state index contributed by atoms with van der Waals surface area (Å²) < 4.78 is 1.60. The van der Waals surface area contributed by atoms with Crippen molar-refractivity contribution in [3.8, 4) is 6.07 Å². The maximum Gasteiger partial charge on any atom is 0.283 e. The summed E-state index contributed by atoms with van der Waals surface area (Å²) >= 11 is 0. The van der Waals surface area contributed by atoms with Crippen LogP contribution in [0.4, 0.5) is 11.4 Å². The van der Waals surface area contributed by atoms with Crippen LogP contribution in [0.3, 0.4) is 0 Å². The third-order valence-electron chi connectivity index (χ3n) is 3.71. The molecule has 0 aliphatic heterocycles. The van der Waals surface area contributed by atoms with Crippen molar-refractivity contribution in [2.75, 3.05) is 0 Å². The number of allylic oxidation sites excluding steroid dienone is 1. The van der Waals surface area contributed by atoms with E-state index in [1.165, 1.54) is 12.1 Å². The lowest BCUT2D eigenvalue weighted by molar-refractivity contribution is -0.394. The van der Waals surface area contributed by atoms with Crippen molar-refractivity contribution in [1.29, 1.82) is 5.26 Å². The molecule has 0 unspecified atom stereocenters. The number of nitrogens with zero attached hydrogens (tertiary/aromatic N) is 6. The zero-order valence-corrected chi connectivity index (χ0v) is 13.4. The molecule has 0 N–H and O–H groups in total. The van der Waals surface area contributed by atoms with Crippen LogP contribution in [0.15, 0.2) is 36.5 Å². The van der Waals surface area contributed by atoms with Gasteiger partial charge in [0.2, 0.25) is 0 Å². The van der Waals surface area contributed by atoms with Crippen LogP contribution in [-0.2, 0) is 7.05 Å². The average molecular weight is 350 g/mol. The Bertz CT molecular complexity index is 1130. The van der Waals surface area contributed by atoms with E-state index in [2.05, 4.69) is 9.97 Å². The molecule has 10 nitrogen and oxygen atoms in total. The van der Waals surface area contributed by atoms with Gasteiger partial charge in [-0.25, -0.2) is 9.97 Å². The minimum atomic E-state index is -0.732. The number of benzene rings is 1. The fourth-order valence-electron chi connectivity index (χ4n) is 2.49. The number of aromatic nitrogens is 3. The maximum atomic E-state index is 11.3. The van der Waals surface area contributed by atoms with Gasteiger partial charge in [-0.3, -0.25) is 20.2 Å². The number of pyridine rings is 1. The molecule has 128 valence electrons. The van der Waals surface area contributed by atoms with E-state index in [9.17, 15) is 25.5 Å². The summed E-state index contributed by atoms with van der Waals surface area (Å²) in [6, 6.07) is 8.63. The molecule has 1 aromatic carbocycles. The highest BCUT2D eigenvalue weighted by atomic mass is 16.6. The van der Waals surface area contributed by atoms with Crippen molar-refractivity contribution >= 4 is 34.2 Å². The monoisotopic (exact) mass is 350 g/mol. The van der Waals surface area contributed by atoms with Crippen LogP contribution in [0.25, 0.3) is 22.8 Å². The summed E-state index contributed by atoms with van der Waals surface area (Å²) in [5.74, 6) is 0.286. The summed E-state index contributed by atoms with van der Waals surface area (Å²) in [4.78, 5) is 29.1. The van der Waals surface area contributed by atoms with E-state index in [4.69, 9.17) is 0 Å². The van der Waals surface area contributed by atoms with Gasteiger partial charge in [0.05, 0.1) is 27.0 Å². The van der Waals surface area contributed by atoms with E-state index in [0.717, 1.165) is 12.1 Å². The standard InChI is InChI=1S/C16H10N6O4/c1-20-15(19-13-3-2-6-18-16(13)20)11(9-17)7-10-4-5-12(21(23)24)8-14(10)22(25)26/h2-8H,1H3/b11-7-. The molecule has 3 rings (SSSR count). The van der Waals surface area contributed by atoms with E-state index in [-0.39, 0.29) is 17.0 Å². The summed E-state index contributed by atoms with van der Waals surface area (Å²) in [5.41, 5.74) is 0.397. The first-order valence-corrected chi connectivity index (χ1v) is 7.25. The van der Waals surface area contributed by atoms with E-state index in [0.29, 0.717) is 11.2 Å². The van der Waals surface area contributed by atoms with Crippen LogP contribution in [0.1, 0.15) is 11.4 Å². The Kier molecular flexibility index (Phi) is 4.12. The average Bonchev–Trinajstić information content (AvgIpc) is 2.96. The number of aryl methyl sites for hydroxylation is 1. The Morgan fingerprint density at radius 1 is 1.27 bits per heavy atom. The number of non-ortho nitro benzene ring substituents is 1. The van der Waals surface area contributed by atoms with Crippen LogP contribution in [0, 0.1) is 31.6 Å². The third-order valence-corrected chi connectivity index (χ3v) is 3.71. The van der Waals surface area contributed by atoms with Crippen LogP contribution in [0.2, 0.25) is 0 Å². The van der Waals surface area contributed by atoms with Crippen molar-refractivity contribution in [2.24, 2.45) is 7.05 Å². The van der Waals surface area contributed by atoms with Gasteiger partial charge in [-0.15, -0.1) is 0 Å². The number of fused-ring (bicyclic) bond motifs is 1. The smallest absolute Gasteiger partial charge is 0.283 e. The molecule has 2 aromatic heterocycles. The third kappa shape index (κ3) is 2.84. The zero-order chi connectivity index (χ0) is 18.8. The van der Waals surface area contributed by atoms with Crippen molar-refractivity contribution in [2.45, 2.75) is 0 Å². The molecule has 26 heavy (non-hydrogen) atoms. The van der Waals surface area contributed by atoms with Crippen LogP contribution in [-0.4, -0.2) is 24.4 Å². The van der Waals surface area contributed by atoms with Crippen LogP contribution < -0.4 is 0 Å². The fourth-order valence-corrected chi connectivity index (χ4v) is 2.49. The van der Waals surface area contributed by atoms with Gasteiger partial charge in [-0.2, -0.15) is 5.26 Å². The van der Waals surface area contributed by atoms with Gasteiger partial charge < -0.3 is 4.57 Å². The highest BCUT2D eigenvalue weighted by molar-refractivity contribution is 5.91. The van der Waals surface area contributed by atoms with E-state index in [1.807, 2.05) is 6.07 Å². The zero-order valence-electron chi connectivity index (χ0n) is 13.4. The molecule has 0 saturated carbocycles. The maximum absolute atomic E-state index is 11.3. The molecule has 0 aliphatic rings. The summed E-state index contributed by atoms with van der Waals surface area (Å²) in [6.07, 6.45) is 2.87. The first-order valence-electron chi connectivity index (χ1n) is 7.25. The SMILES string of the molecule is Cn1c(/C(C#N)=C\c2ccc([N+](=O)[O-])cc2[N+](=O)[O-])nc2cccnc21. The second-order valence-electron chi connectivity index (χ2n) is 5.27. The first-order chi connectivity index (χ1) is 12.4. The van der Waals surface area contributed by atoms with Crippen molar-refractivity contribution in [3.05, 3.63) is 68.1 Å². The van der Waals surface area contributed by atoms with E-state index < -0.39 is 21.2 Å². The number of rotatable bonds is 4. The number of nitro groups is 2. The summed E-state index contributed by atoms with van der Waals surface area (Å²) in [5, 5.41) is 31.6. The molecule has 0 aliphatic carbocycles. The molecule has 0 bridgehead atoms. The topological polar surface area (TPSA) is 141 Å². The first kappa shape index (κ1) is 16.7. The normalized spacial score (nSPS) is 11.3. The number of hydrogen-bond acceptors (Lipinski definition) is 7. The molecular formula is C16H10N6O4. The van der Waals surface area contributed by atoms with Gasteiger partial charge >= 0.3 is 0 Å². The number of nitriles is 1. The molecule has 3 aromatic rings. The summed E-state index contributed by atoms with van der Waals surface area (Å²) in [7, 11) is 1.67. The lowest BCUT2D eigenvalue weighted by atomic mass is 10.1. The molecule has 0 fully saturated rings. The fraction of sp³-hybridized carbons (Fsp3) is 0.0625. The van der Waals surface area contributed by atoms with Crippen molar-refractivity contribution in [1.82, 2.24) is 14.5 Å². The lowest BCUT2D eigenvalue weighted by Gasteiger charge is -2.02. The van der Waals surface area contributed by atoms with Gasteiger partial charge in [0.1, 0.15) is 11.6 Å². The Labute approximate surface area is 145 Å². The Balaban J connectivity index is 2.18. The molecular weight excluding hydrogens is 340 g/mol. The molecule has 0 saturated heterocycles. The van der Waals surface area contributed by atoms with Gasteiger partial charge in [0, 0.05) is 19.3 Å². The second kappa shape index (κ2) is 6.40. The predicted molar refractivity (Wildman–Crippen MR) is 91.7 cm³/mol. The van der Waals surface area contributed by atoms with E-state index >= 15 is 0 Å². The van der Waals surface area contributed by atoms with Gasteiger partial charge in [-0.05, 0) is 24.3 Å². The largest absolute Gasteiger partial charge is 0.311 e. The number of imidazole rings is 1. The highest BCUT2D eigenvalue weighted by Crippen LogP contribution is 2.28. The minimum absolute atomic E-state index is 0.0668.